The molecule has 3 aromatic carbocycles. The third-order valence-corrected chi connectivity index (χ3v) is 8.79. The zero-order valence-corrected chi connectivity index (χ0v) is 23.1. The van der Waals surface area contributed by atoms with E-state index in [2.05, 4.69) is 52.7 Å². The van der Waals surface area contributed by atoms with Crippen LogP contribution in [0, 0.1) is 0 Å². The number of nitrogens with one attached hydrogen (secondary N) is 1. The summed E-state index contributed by atoms with van der Waals surface area (Å²) in [6, 6.07) is 26.2. The van der Waals surface area contributed by atoms with Crippen molar-refractivity contribution < 1.29 is 9.53 Å². The highest BCUT2D eigenvalue weighted by Crippen LogP contribution is 2.46. The van der Waals surface area contributed by atoms with Crippen LogP contribution in [0.3, 0.4) is 0 Å². The Balaban J connectivity index is 1.32. The van der Waals surface area contributed by atoms with Crippen LogP contribution in [0.2, 0.25) is 0 Å². The molecule has 0 saturated heterocycles. The van der Waals surface area contributed by atoms with Gasteiger partial charge < -0.3 is 10.1 Å². The van der Waals surface area contributed by atoms with Gasteiger partial charge in [0, 0.05) is 35.6 Å². The molecule has 1 amide bonds. The van der Waals surface area contributed by atoms with E-state index in [-0.39, 0.29) is 12.0 Å². The number of thiazole rings is 1. The quantitative estimate of drug-likeness (QED) is 0.231. The molecule has 0 bridgehead atoms. The summed E-state index contributed by atoms with van der Waals surface area (Å²) in [5.41, 5.74) is 5.31. The van der Waals surface area contributed by atoms with Gasteiger partial charge in [0.2, 0.25) is 0 Å². The lowest BCUT2D eigenvalue weighted by Crippen LogP contribution is -2.29. The van der Waals surface area contributed by atoms with Crippen molar-refractivity contribution in [3.05, 3.63) is 100 Å². The number of benzene rings is 3. The fourth-order valence-electron chi connectivity index (χ4n) is 4.86. The molecule has 3 heterocycles. The van der Waals surface area contributed by atoms with Crippen LogP contribution in [0.1, 0.15) is 40.2 Å². The minimum absolute atomic E-state index is 0.0879. The third kappa shape index (κ3) is 5.23. The highest BCUT2D eigenvalue weighted by Gasteiger charge is 2.28. The first-order valence-electron chi connectivity index (χ1n) is 12.9. The molecule has 1 aliphatic rings. The van der Waals surface area contributed by atoms with Crippen molar-refractivity contribution in [1.82, 2.24) is 9.88 Å². The number of fused-ring (bicyclic) bond motifs is 2. The van der Waals surface area contributed by atoms with Gasteiger partial charge in [-0.3, -0.25) is 9.69 Å². The molecular weight excluding hydrogens is 510 g/mol. The van der Waals surface area contributed by atoms with E-state index in [1.54, 1.807) is 22.7 Å². The largest absolute Gasteiger partial charge is 0.491 e. The Morgan fingerprint density at radius 3 is 2.53 bits per heavy atom. The predicted molar refractivity (Wildman–Crippen MR) is 157 cm³/mol. The Labute approximate surface area is 230 Å². The molecule has 0 spiro atoms. The van der Waals surface area contributed by atoms with Crippen LogP contribution in [-0.4, -0.2) is 28.4 Å². The molecule has 1 N–H and O–H groups in total. The molecule has 0 saturated carbocycles. The van der Waals surface area contributed by atoms with Gasteiger partial charge in [-0.25, -0.2) is 4.98 Å². The number of aromatic nitrogens is 1. The molecule has 7 heteroatoms. The van der Waals surface area contributed by atoms with Gasteiger partial charge in [-0.2, -0.15) is 0 Å². The molecule has 0 atom stereocenters. The number of hydrogen-bond donors (Lipinski definition) is 1. The molecule has 2 aromatic heterocycles. The summed E-state index contributed by atoms with van der Waals surface area (Å²) >= 11 is 3.37. The van der Waals surface area contributed by atoms with Crippen molar-refractivity contribution in [2.75, 3.05) is 11.9 Å². The predicted octanol–water partition coefficient (Wildman–Crippen LogP) is 7.62. The van der Waals surface area contributed by atoms with E-state index >= 15 is 0 Å². The molecule has 0 fully saturated rings. The van der Waals surface area contributed by atoms with Crippen LogP contribution in [0.25, 0.3) is 20.8 Å². The van der Waals surface area contributed by atoms with E-state index in [9.17, 15) is 4.79 Å². The van der Waals surface area contributed by atoms with Gasteiger partial charge in [0.25, 0.3) is 5.91 Å². The van der Waals surface area contributed by atoms with Crippen molar-refractivity contribution in [2.45, 2.75) is 39.5 Å². The summed E-state index contributed by atoms with van der Waals surface area (Å²) in [5, 5.41) is 5.09. The maximum absolute atomic E-state index is 13.3. The lowest BCUT2D eigenvalue weighted by molar-refractivity contribution is 0.102. The average molecular weight is 540 g/mol. The molecule has 38 heavy (non-hydrogen) atoms. The van der Waals surface area contributed by atoms with E-state index in [1.807, 2.05) is 50.2 Å². The number of hydrogen-bond acceptors (Lipinski definition) is 6. The summed E-state index contributed by atoms with van der Waals surface area (Å²) in [6.45, 7) is 6.74. The normalized spacial score (nSPS) is 13.6. The molecule has 192 valence electrons. The number of nitrogens with zero attached hydrogens (tertiary/aromatic N) is 2. The van der Waals surface area contributed by atoms with Gasteiger partial charge in [0.15, 0.2) is 0 Å². The molecule has 0 unspecified atom stereocenters. The Morgan fingerprint density at radius 1 is 1.00 bits per heavy atom. The number of carbonyl (C=O) groups is 1. The van der Waals surface area contributed by atoms with Gasteiger partial charge in [-0.05, 0) is 67.8 Å². The minimum Gasteiger partial charge on any atom is -0.491 e. The first kappa shape index (κ1) is 24.8. The first-order valence-corrected chi connectivity index (χ1v) is 14.5. The van der Waals surface area contributed by atoms with Gasteiger partial charge in [-0.15, -0.1) is 22.7 Å². The Kier molecular flexibility index (Phi) is 6.98. The van der Waals surface area contributed by atoms with Crippen molar-refractivity contribution >= 4 is 43.8 Å². The summed E-state index contributed by atoms with van der Waals surface area (Å²) in [4.78, 5) is 22.1. The van der Waals surface area contributed by atoms with Crippen LogP contribution in [0.15, 0.2) is 78.9 Å². The van der Waals surface area contributed by atoms with Crippen LogP contribution in [-0.2, 0) is 19.5 Å². The smallest absolute Gasteiger partial charge is 0.256 e. The zero-order chi connectivity index (χ0) is 26.1. The third-order valence-electron chi connectivity index (χ3n) is 6.61. The van der Waals surface area contributed by atoms with Crippen molar-refractivity contribution in [2.24, 2.45) is 0 Å². The highest BCUT2D eigenvalue weighted by molar-refractivity contribution is 7.23. The van der Waals surface area contributed by atoms with E-state index in [0.29, 0.717) is 5.56 Å². The average Bonchev–Trinajstić information content (AvgIpc) is 3.49. The maximum Gasteiger partial charge on any atom is 0.256 e. The number of rotatable bonds is 7. The van der Waals surface area contributed by atoms with E-state index in [0.717, 1.165) is 57.6 Å². The van der Waals surface area contributed by atoms with Crippen molar-refractivity contribution in [3.63, 3.8) is 0 Å². The van der Waals surface area contributed by atoms with Crippen LogP contribution >= 0.6 is 22.7 Å². The van der Waals surface area contributed by atoms with Gasteiger partial charge in [0.05, 0.1) is 16.3 Å². The number of amides is 1. The van der Waals surface area contributed by atoms with Crippen LogP contribution in [0.5, 0.6) is 5.75 Å². The van der Waals surface area contributed by atoms with Crippen molar-refractivity contribution in [1.29, 1.82) is 0 Å². The Bertz CT molecular complexity index is 1540. The van der Waals surface area contributed by atoms with E-state index < -0.39 is 0 Å². The molecule has 1 aliphatic heterocycles. The molecular formula is C31H29N3O2S2. The second-order valence-electron chi connectivity index (χ2n) is 9.79. The van der Waals surface area contributed by atoms with Gasteiger partial charge >= 0.3 is 0 Å². The van der Waals surface area contributed by atoms with Crippen LogP contribution < -0.4 is 10.1 Å². The fourth-order valence-corrected chi connectivity index (χ4v) is 7.25. The second-order valence-corrected chi connectivity index (χ2v) is 11.9. The van der Waals surface area contributed by atoms with Gasteiger partial charge in [0.1, 0.15) is 15.8 Å². The molecule has 6 rings (SSSR count). The first-order chi connectivity index (χ1) is 18.5. The van der Waals surface area contributed by atoms with E-state index in [1.165, 1.54) is 16.0 Å². The zero-order valence-electron chi connectivity index (χ0n) is 21.4. The fraction of sp³-hybridized carbons (Fsp3) is 0.226. The van der Waals surface area contributed by atoms with Crippen molar-refractivity contribution in [3.8, 4) is 16.3 Å². The lowest BCUT2D eigenvalue weighted by atomic mass is 10.0. The minimum atomic E-state index is -0.122. The molecule has 5 nitrogen and oxygen atoms in total. The Hall–Kier alpha value is -3.52. The highest BCUT2D eigenvalue weighted by atomic mass is 32.1. The SMILES string of the molecule is CC(C)Oc1ccc(C(=O)Nc2sc3c(c2-c2nc4ccccc4s2)CCN(Cc2ccccc2)C3)cc1. The molecule has 0 radical (unpaired) electrons. The summed E-state index contributed by atoms with van der Waals surface area (Å²) < 4.78 is 6.89. The topological polar surface area (TPSA) is 54.5 Å². The number of para-hydroxylation sites is 1. The number of carbonyl (C=O) groups excluding carboxylic acids is 1. The van der Waals surface area contributed by atoms with Gasteiger partial charge in [-0.1, -0.05) is 42.5 Å². The maximum atomic E-state index is 13.3. The summed E-state index contributed by atoms with van der Waals surface area (Å²) in [5.74, 6) is 0.639. The summed E-state index contributed by atoms with van der Waals surface area (Å²) in [6.07, 6.45) is 1.02. The molecule has 5 aromatic rings. The number of thiophene rings is 1. The number of ether oxygens (including phenoxy) is 1. The standard InChI is InChI=1S/C31H29N3O2S2/c1-20(2)36-23-14-12-22(13-15-23)29(35)33-31-28(30-32-25-10-6-7-11-26(25)37-30)24-16-17-34(19-27(24)38-31)18-21-8-4-3-5-9-21/h3-15,20H,16-19H2,1-2H3,(H,33,35). The van der Waals surface area contributed by atoms with Crippen LogP contribution in [0.4, 0.5) is 5.00 Å². The Morgan fingerprint density at radius 2 is 1.76 bits per heavy atom. The lowest BCUT2D eigenvalue weighted by Gasteiger charge is -2.27. The monoisotopic (exact) mass is 539 g/mol. The second kappa shape index (κ2) is 10.7. The number of anilines is 1. The molecule has 0 aliphatic carbocycles. The van der Waals surface area contributed by atoms with E-state index in [4.69, 9.17) is 9.72 Å². The summed E-state index contributed by atoms with van der Waals surface area (Å²) in [7, 11) is 0.